The van der Waals surface area contributed by atoms with Crippen LogP contribution in [0.15, 0.2) is 12.3 Å². The minimum Gasteiger partial charge on any atom is -0.396 e. The third-order valence-corrected chi connectivity index (χ3v) is 8.41. The van der Waals surface area contributed by atoms with Gasteiger partial charge in [-0.1, -0.05) is 13.8 Å². The van der Waals surface area contributed by atoms with Crippen LogP contribution in [-0.4, -0.2) is 66.7 Å². The van der Waals surface area contributed by atoms with Gasteiger partial charge in [-0.2, -0.15) is 4.98 Å². The fraction of sp³-hybridized carbons (Fsp3) is 0.583. The van der Waals surface area contributed by atoms with Gasteiger partial charge in [0, 0.05) is 25.3 Å². The van der Waals surface area contributed by atoms with Crippen molar-refractivity contribution in [3.8, 4) is 10.6 Å². The zero-order valence-electron chi connectivity index (χ0n) is 19.9. The Bertz CT molecular complexity index is 1210. The van der Waals surface area contributed by atoms with E-state index in [9.17, 15) is 15.3 Å². The standard InChI is InChI=1S/C24H32N6O3S/c1-11-17(22-29-18-12(2)25-6-5-16(18)34-22)21(28-15-7-13(10-31)19(32)20(15)33)30-23(27-11)26-9-14-8-24(14,3)4/h5-6,13-15,19-20,31-33H,7-10H2,1-4H3,(H2,26,27,28,30)/t13-,14?,15-,19-,20+/m1/s1. The normalized spacial score (nSPS) is 27.8. The average molecular weight is 485 g/mol. The monoisotopic (exact) mass is 484 g/mol. The van der Waals surface area contributed by atoms with Crippen LogP contribution in [0.5, 0.6) is 0 Å². The van der Waals surface area contributed by atoms with Crippen molar-refractivity contribution in [3.63, 3.8) is 0 Å². The lowest BCUT2D eigenvalue weighted by atomic mass is 10.1. The van der Waals surface area contributed by atoms with Crippen molar-refractivity contribution >= 4 is 33.3 Å². The van der Waals surface area contributed by atoms with E-state index in [1.165, 1.54) is 6.42 Å². The zero-order valence-corrected chi connectivity index (χ0v) is 20.7. The highest BCUT2D eigenvalue weighted by atomic mass is 32.1. The highest BCUT2D eigenvalue weighted by Gasteiger charge is 2.45. The fourth-order valence-corrected chi connectivity index (χ4v) is 5.98. The van der Waals surface area contributed by atoms with Crippen LogP contribution in [0.3, 0.4) is 0 Å². The summed E-state index contributed by atoms with van der Waals surface area (Å²) in [5, 5.41) is 38.0. The number of pyridine rings is 1. The molecule has 0 amide bonds. The molecule has 2 fully saturated rings. The molecular weight excluding hydrogens is 452 g/mol. The Morgan fingerprint density at radius 2 is 1.88 bits per heavy atom. The summed E-state index contributed by atoms with van der Waals surface area (Å²) in [6, 6.07) is 1.50. The number of thiazole rings is 1. The molecule has 5 atom stereocenters. The van der Waals surface area contributed by atoms with Crippen LogP contribution in [-0.2, 0) is 0 Å². The van der Waals surface area contributed by atoms with Crippen LogP contribution >= 0.6 is 11.3 Å². The zero-order chi connectivity index (χ0) is 24.2. The Kier molecular flexibility index (Phi) is 5.96. The second-order valence-corrected chi connectivity index (χ2v) is 11.3. The second-order valence-electron chi connectivity index (χ2n) is 10.3. The summed E-state index contributed by atoms with van der Waals surface area (Å²) < 4.78 is 1.03. The Labute approximate surface area is 202 Å². The van der Waals surface area contributed by atoms with Crippen LogP contribution in [0.2, 0.25) is 0 Å². The summed E-state index contributed by atoms with van der Waals surface area (Å²) in [4.78, 5) is 18.7. The fourth-order valence-electron chi connectivity index (χ4n) is 4.86. The maximum Gasteiger partial charge on any atom is 0.224 e. The number of aromatic nitrogens is 4. The van der Waals surface area contributed by atoms with Gasteiger partial charge in [0.15, 0.2) is 0 Å². The van der Waals surface area contributed by atoms with Crippen molar-refractivity contribution in [2.24, 2.45) is 17.3 Å². The first-order valence-electron chi connectivity index (χ1n) is 11.8. The van der Waals surface area contributed by atoms with E-state index < -0.39 is 18.2 Å². The third-order valence-electron chi connectivity index (χ3n) is 7.38. The van der Waals surface area contributed by atoms with Gasteiger partial charge in [-0.3, -0.25) is 4.98 Å². The number of nitrogens with zero attached hydrogens (tertiary/aromatic N) is 4. The van der Waals surface area contributed by atoms with Gasteiger partial charge in [-0.15, -0.1) is 11.3 Å². The van der Waals surface area contributed by atoms with Gasteiger partial charge in [-0.05, 0) is 44.1 Å². The summed E-state index contributed by atoms with van der Waals surface area (Å²) in [6.45, 7) is 9.01. The lowest BCUT2D eigenvalue weighted by molar-refractivity contribution is 0.00446. The Hall–Kier alpha value is -2.40. The van der Waals surface area contributed by atoms with Crippen molar-refractivity contribution in [2.75, 3.05) is 23.8 Å². The molecule has 0 spiro atoms. The van der Waals surface area contributed by atoms with Gasteiger partial charge < -0.3 is 26.0 Å². The molecule has 0 aliphatic heterocycles. The van der Waals surface area contributed by atoms with E-state index in [1.807, 2.05) is 19.9 Å². The van der Waals surface area contributed by atoms with Crippen LogP contribution in [0.25, 0.3) is 20.8 Å². The number of anilines is 2. The maximum absolute atomic E-state index is 10.6. The van der Waals surface area contributed by atoms with Crippen molar-refractivity contribution in [2.45, 2.75) is 58.8 Å². The smallest absolute Gasteiger partial charge is 0.224 e. The summed E-state index contributed by atoms with van der Waals surface area (Å²) in [5.74, 6) is 1.29. The Morgan fingerprint density at radius 3 is 2.53 bits per heavy atom. The maximum atomic E-state index is 10.6. The van der Waals surface area contributed by atoms with Crippen LogP contribution < -0.4 is 10.6 Å². The number of aliphatic hydroxyl groups excluding tert-OH is 3. The number of hydrogen-bond donors (Lipinski definition) is 5. The van der Waals surface area contributed by atoms with Gasteiger partial charge >= 0.3 is 0 Å². The Balaban J connectivity index is 1.52. The SMILES string of the molecule is Cc1nc(NCC2CC2(C)C)nc(N[C@@H]2C[C@H](CO)[C@@H](O)[C@H]2O)c1-c1nc2c(C)nccc2s1. The lowest BCUT2D eigenvalue weighted by Crippen LogP contribution is -2.35. The topological polar surface area (TPSA) is 136 Å². The molecule has 5 N–H and O–H groups in total. The minimum absolute atomic E-state index is 0.180. The number of aryl methyl sites for hydroxylation is 2. The molecule has 2 aliphatic rings. The highest BCUT2D eigenvalue weighted by molar-refractivity contribution is 7.21. The molecule has 9 nitrogen and oxygen atoms in total. The van der Waals surface area contributed by atoms with Crippen LogP contribution in [0, 0.1) is 31.1 Å². The molecule has 3 aromatic heterocycles. The molecule has 2 saturated carbocycles. The molecule has 1 unspecified atom stereocenters. The molecule has 0 saturated heterocycles. The van der Waals surface area contributed by atoms with E-state index in [0.717, 1.165) is 38.7 Å². The van der Waals surface area contributed by atoms with Gasteiger partial charge in [0.05, 0.1) is 33.8 Å². The molecule has 0 radical (unpaired) electrons. The van der Waals surface area contributed by atoms with Crippen LogP contribution in [0.4, 0.5) is 11.8 Å². The van der Waals surface area contributed by atoms with Crippen LogP contribution in [0.1, 0.15) is 38.1 Å². The van der Waals surface area contributed by atoms with E-state index >= 15 is 0 Å². The largest absolute Gasteiger partial charge is 0.396 e. The molecule has 5 rings (SSSR count). The van der Waals surface area contributed by atoms with Crippen molar-refractivity contribution in [3.05, 3.63) is 23.7 Å². The molecule has 10 heteroatoms. The van der Waals surface area contributed by atoms with Crippen molar-refractivity contribution in [1.82, 2.24) is 19.9 Å². The number of fused-ring (bicyclic) bond motifs is 1. The van der Waals surface area contributed by atoms with E-state index in [0.29, 0.717) is 29.5 Å². The summed E-state index contributed by atoms with van der Waals surface area (Å²) in [5.41, 5.74) is 3.60. The second kappa shape index (κ2) is 8.67. The van der Waals surface area contributed by atoms with Gasteiger partial charge in [0.25, 0.3) is 0 Å². The third kappa shape index (κ3) is 4.24. The van der Waals surface area contributed by atoms with Crippen molar-refractivity contribution in [1.29, 1.82) is 0 Å². The minimum atomic E-state index is -1.01. The van der Waals surface area contributed by atoms with E-state index in [2.05, 4.69) is 29.5 Å². The average Bonchev–Trinajstić information content (AvgIpc) is 3.08. The number of rotatable bonds is 7. The van der Waals surface area contributed by atoms with Gasteiger partial charge in [0.1, 0.15) is 22.4 Å². The first-order chi connectivity index (χ1) is 16.2. The predicted molar refractivity (Wildman–Crippen MR) is 133 cm³/mol. The quantitative estimate of drug-likeness (QED) is 0.343. The van der Waals surface area contributed by atoms with Gasteiger partial charge in [0.2, 0.25) is 5.95 Å². The molecule has 0 aromatic carbocycles. The van der Waals surface area contributed by atoms with E-state index in [-0.39, 0.29) is 12.5 Å². The molecule has 182 valence electrons. The van der Waals surface area contributed by atoms with Crippen molar-refractivity contribution < 1.29 is 15.3 Å². The lowest BCUT2D eigenvalue weighted by Gasteiger charge is -2.21. The summed E-state index contributed by atoms with van der Waals surface area (Å²) in [6.07, 6.45) is 1.39. The van der Waals surface area contributed by atoms with E-state index in [4.69, 9.17) is 15.0 Å². The summed E-state index contributed by atoms with van der Waals surface area (Å²) in [7, 11) is 0. The highest BCUT2D eigenvalue weighted by Crippen LogP contribution is 2.51. The number of aliphatic hydroxyl groups is 3. The molecular formula is C24H32N6O3S. The molecule has 3 heterocycles. The number of nitrogens with one attached hydrogen (secondary N) is 2. The predicted octanol–water partition coefficient (Wildman–Crippen LogP) is 2.74. The first-order valence-corrected chi connectivity index (χ1v) is 12.6. The molecule has 3 aromatic rings. The first kappa shape index (κ1) is 23.3. The molecule has 0 bridgehead atoms. The number of hydrogen-bond acceptors (Lipinski definition) is 10. The summed E-state index contributed by atoms with van der Waals surface area (Å²) >= 11 is 1.55. The van der Waals surface area contributed by atoms with E-state index in [1.54, 1.807) is 17.5 Å². The Morgan fingerprint density at radius 1 is 1.12 bits per heavy atom. The molecule has 2 aliphatic carbocycles. The van der Waals surface area contributed by atoms with Gasteiger partial charge in [-0.25, -0.2) is 9.97 Å². The molecule has 34 heavy (non-hydrogen) atoms.